The molecule has 9 nitrogen and oxygen atoms in total. The number of ketones is 2. The van der Waals surface area contributed by atoms with E-state index in [1.54, 1.807) is 0 Å². The molecular formula is C59H85N3O6. The first-order valence-corrected chi connectivity index (χ1v) is 27.1. The van der Waals surface area contributed by atoms with Crippen LogP contribution in [0.5, 0.6) is 0 Å². The molecule has 2 saturated heterocycles. The van der Waals surface area contributed by atoms with Crippen LogP contribution in [0.15, 0.2) is 41.7 Å². The number of benzene rings is 1. The summed E-state index contributed by atoms with van der Waals surface area (Å²) in [5.74, 6) is 0.598. The second-order valence-corrected chi connectivity index (χ2v) is 25.3. The van der Waals surface area contributed by atoms with Crippen LogP contribution in [0.1, 0.15) is 173 Å². The minimum Gasteiger partial charge on any atom is -0.392 e. The third kappa shape index (κ3) is 7.37. The standard InChI is InChI=1S/C59H85N3O6/c1-11-12-13-14-42-51(66)47-46-41(50(65)52-57(7)21-17-45(64)56(6,23-24-60-10)44(57)16-22-58(52,8)59(42,46)9)34-62-33-40(30-36-27-35(2)28-39(29-36)37-18-25-67-26-19-37)48-49(62)38(32-61-48)15-20-55(47,5)31-43(63)53-54(3,4)68-53/h27-29,32-33,37,41-44,50,52-53,60-61,63,65H,11-26,30-31,34H2,1-10H3/t41-,42+,43-,44+,50-,52-,53-,55+,56+,57-,58+,59+/m1/s1. The Morgan fingerprint density at radius 1 is 0.971 bits per heavy atom. The van der Waals surface area contributed by atoms with Crippen LogP contribution in [0.25, 0.3) is 11.0 Å². The summed E-state index contributed by atoms with van der Waals surface area (Å²) in [6, 6.07) is 7.15. The lowest BCUT2D eigenvalue weighted by Crippen LogP contribution is -2.69. The SMILES string of the molecule is CCCCC[C@H]1C(=O)C2=C3[C@@H](Cn4cc(Cc5cc(C)cc(C6CCOCC6)c5)c5[nH]cc(c54)CC[C@@]2(C)C[C@@H](O)[C@H]2OC2(C)C)[C@@H](O)[C@@H]2[C@]4(C)CCC(=O)[C@@](C)(CCNC)[C@@H]4CC[C@]2(C)[C@]31C. The minimum absolute atomic E-state index is 0.122. The first kappa shape index (κ1) is 48.5. The summed E-state index contributed by atoms with van der Waals surface area (Å²) in [6.45, 7) is 23.4. The fourth-order valence-corrected chi connectivity index (χ4v) is 17.4. The van der Waals surface area contributed by atoms with Gasteiger partial charge in [-0.25, -0.2) is 0 Å². The molecule has 372 valence electrons. The number of nitrogens with one attached hydrogen (secondary N) is 2. The van der Waals surface area contributed by atoms with E-state index in [0.717, 1.165) is 108 Å². The number of allylic oxidation sites excluding steroid dienone is 1. The van der Waals surface area contributed by atoms with Gasteiger partial charge in [0.15, 0.2) is 5.78 Å². The molecule has 3 saturated carbocycles. The van der Waals surface area contributed by atoms with Gasteiger partial charge in [-0.2, -0.15) is 0 Å². The number of aliphatic hydroxyl groups is 2. The van der Waals surface area contributed by atoms with Crippen molar-refractivity contribution in [3.63, 3.8) is 0 Å². The van der Waals surface area contributed by atoms with Gasteiger partial charge in [-0.05, 0) is 160 Å². The number of carbonyl (C=O) groups is 2. The largest absolute Gasteiger partial charge is 0.392 e. The number of aryl methyl sites for hydroxylation is 2. The molecule has 0 amide bonds. The van der Waals surface area contributed by atoms with Crippen LogP contribution < -0.4 is 5.32 Å². The van der Waals surface area contributed by atoms with Crippen molar-refractivity contribution < 1.29 is 29.3 Å². The normalized spacial score (nSPS) is 38.4. The number of aromatic nitrogens is 2. The first-order valence-electron chi connectivity index (χ1n) is 27.1. The number of hydrogen-bond donors (Lipinski definition) is 4. The number of epoxide rings is 1. The Morgan fingerprint density at radius 3 is 2.43 bits per heavy atom. The van der Waals surface area contributed by atoms with Crippen LogP contribution >= 0.6 is 0 Å². The highest BCUT2D eigenvalue weighted by Gasteiger charge is 2.75. The van der Waals surface area contributed by atoms with Gasteiger partial charge in [0.05, 0.1) is 28.8 Å². The molecule has 1 aromatic carbocycles. The first-order chi connectivity index (χ1) is 32.3. The van der Waals surface area contributed by atoms with E-state index in [1.807, 2.05) is 7.05 Å². The summed E-state index contributed by atoms with van der Waals surface area (Å²) in [5, 5.41) is 29.6. The second-order valence-electron chi connectivity index (χ2n) is 25.3. The molecule has 5 heterocycles. The van der Waals surface area contributed by atoms with Crippen LogP contribution in [0, 0.1) is 57.7 Å². The van der Waals surface area contributed by atoms with Crippen LogP contribution in [0.4, 0.5) is 0 Å². The number of fused-ring (bicyclic) bond motifs is 4. The van der Waals surface area contributed by atoms with Gasteiger partial charge in [0, 0.05) is 73.2 Å². The molecule has 68 heavy (non-hydrogen) atoms. The number of carbonyl (C=O) groups excluding carboxylic acids is 2. The van der Waals surface area contributed by atoms with E-state index in [2.05, 4.69) is 108 Å². The Kier molecular flexibility index (Phi) is 12.4. The van der Waals surface area contributed by atoms with Crippen LogP contribution in [-0.2, 0) is 38.4 Å². The quantitative estimate of drug-likeness (QED) is 0.0992. The van der Waals surface area contributed by atoms with E-state index < -0.39 is 39.5 Å². The van der Waals surface area contributed by atoms with E-state index in [1.165, 1.54) is 38.9 Å². The zero-order chi connectivity index (χ0) is 48.3. The number of rotatable bonds is 13. The Bertz CT molecular complexity index is 2470. The average molecular weight is 932 g/mol. The number of aliphatic hydroxyl groups excluding tert-OH is 2. The highest BCUT2D eigenvalue weighted by atomic mass is 16.6. The Balaban J connectivity index is 1.16. The molecule has 9 heteroatoms. The molecule has 0 unspecified atom stereocenters. The fourth-order valence-electron chi connectivity index (χ4n) is 17.4. The molecule has 0 spiro atoms. The fraction of sp³-hybridized carbons (Fsp3) is 0.729. The van der Waals surface area contributed by atoms with Crippen LogP contribution in [0.2, 0.25) is 0 Å². The van der Waals surface area contributed by atoms with Crippen molar-refractivity contribution in [2.75, 3.05) is 26.8 Å². The zero-order valence-electron chi connectivity index (χ0n) is 43.4. The molecule has 7 aliphatic rings. The van der Waals surface area contributed by atoms with Gasteiger partial charge in [-0.3, -0.25) is 9.59 Å². The molecule has 0 radical (unpaired) electrons. The predicted molar refractivity (Wildman–Crippen MR) is 270 cm³/mol. The smallest absolute Gasteiger partial charge is 0.163 e. The molecule has 0 bridgehead atoms. The van der Waals surface area contributed by atoms with E-state index in [0.29, 0.717) is 37.5 Å². The maximum absolute atomic E-state index is 16.2. The van der Waals surface area contributed by atoms with Crippen molar-refractivity contribution in [1.82, 2.24) is 14.9 Å². The maximum atomic E-state index is 16.2. The number of nitrogens with zero attached hydrogens (tertiary/aromatic N) is 1. The summed E-state index contributed by atoms with van der Waals surface area (Å²) >= 11 is 0. The highest BCUT2D eigenvalue weighted by molar-refractivity contribution is 6.03. The average Bonchev–Trinajstić information content (AvgIpc) is 3.51. The van der Waals surface area contributed by atoms with Crippen LogP contribution in [-0.4, -0.2) is 82.0 Å². The van der Waals surface area contributed by atoms with Gasteiger partial charge < -0.3 is 34.6 Å². The highest BCUT2D eigenvalue weighted by Crippen LogP contribution is 2.77. The molecule has 3 aromatic rings. The number of hydrogen-bond acceptors (Lipinski definition) is 7. The predicted octanol–water partition coefficient (Wildman–Crippen LogP) is 10.7. The number of unbranched alkanes of at least 4 members (excludes halogenated alkanes) is 2. The third-order valence-corrected chi connectivity index (χ3v) is 20.9. The Morgan fingerprint density at radius 2 is 1.72 bits per heavy atom. The third-order valence-electron chi connectivity index (χ3n) is 20.9. The van der Waals surface area contributed by atoms with E-state index in [9.17, 15) is 15.0 Å². The van der Waals surface area contributed by atoms with Gasteiger partial charge in [0.2, 0.25) is 0 Å². The van der Waals surface area contributed by atoms with Crippen LogP contribution in [0.3, 0.4) is 0 Å². The summed E-state index contributed by atoms with van der Waals surface area (Å²) in [5.41, 5.74) is 8.15. The van der Waals surface area contributed by atoms with Crippen molar-refractivity contribution in [3.05, 3.63) is 69.6 Å². The van der Waals surface area contributed by atoms with Gasteiger partial charge in [0.1, 0.15) is 11.9 Å². The summed E-state index contributed by atoms with van der Waals surface area (Å²) in [4.78, 5) is 34.3. The van der Waals surface area contributed by atoms with E-state index in [-0.39, 0.29) is 41.0 Å². The summed E-state index contributed by atoms with van der Waals surface area (Å²) in [7, 11) is 1.98. The van der Waals surface area contributed by atoms with Crippen molar-refractivity contribution in [2.24, 2.45) is 50.7 Å². The second kappa shape index (κ2) is 17.3. The van der Waals surface area contributed by atoms with Gasteiger partial charge in [0.25, 0.3) is 0 Å². The molecule has 5 fully saturated rings. The summed E-state index contributed by atoms with van der Waals surface area (Å²) < 4.78 is 14.4. The van der Waals surface area contributed by atoms with Crippen molar-refractivity contribution >= 4 is 22.6 Å². The van der Waals surface area contributed by atoms with Crippen molar-refractivity contribution in [2.45, 2.75) is 195 Å². The minimum atomic E-state index is -0.740. The molecular weight excluding hydrogens is 847 g/mol. The van der Waals surface area contributed by atoms with E-state index in [4.69, 9.17) is 9.47 Å². The lowest BCUT2D eigenvalue weighted by atomic mass is 9.33. The molecule has 4 aliphatic carbocycles. The number of ether oxygens (including phenoxy) is 2. The molecule has 3 aliphatic heterocycles. The number of Topliss-reactive ketones (excluding diaryl/α,β-unsaturated/α-hetero) is 2. The zero-order valence-corrected chi connectivity index (χ0v) is 43.4. The van der Waals surface area contributed by atoms with Gasteiger partial charge in [-0.1, -0.05) is 84.6 Å². The number of aromatic amines is 1. The lowest BCUT2D eigenvalue weighted by molar-refractivity contribution is -0.229. The Hall–Kier alpha value is -3.08. The van der Waals surface area contributed by atoms with Crippen molar-refractivity contribution in [1.29, 1.82) is 0 Å². The molecule has 2 aromatic heterocycles. The topological polar surface area (TPSA) is 129 Å². The molecule has 10 rings (SSSR count). The Labute approximate surface area is 407 Å². The number of H-pyrrole nitrogens is 1. The molecule has 4 N–H and O–H groups in total. The van der Waals surface area contributed by atoms with Gasteiger partial charge >= 0.3 is 0 Å². The monoisotopic (exact) mass is 932 g/mol. The lowest BCUT2D eigenvalue weighted by Gasteiger charge is -2.71. The van der Waals surface area contributed by atoms with E-state index >= 15 is 4.79 Å². The maximum Gasteiger partial charge on any atom is 0.163 e. The van der Waals surface area contributed by atoms with Gasteiger partial charge in [-0.15, -0.1) is 0 Å². The summed E-state index contributed by atoms with van der Waals surface area (Å²) in [6.07, 6.45) is 15.4. The molecule has 12 atom stereocenters. The van der Waals surface area contributed by atoms with Crippen molar-refractivity contribution in [3.8, 4) is 0 Å².